The van der Waals surface area contributed by atoms with E-state index < -0.39 is 5.82 Å². The molecule has 1 aromatic rings. The summed E-state index contributed by atoms with van der Waals surface area (Å²) in [5, 5.41) is 0.129. The smallest absolute Gasteiger partial charge is 0.255 e. The van der Waals surface area contributed by atoms with Gasteiger partial charge in [0.1, 0.15) is 5.82 Å². The number of nitrogens with zero attached hydrogens (tertiary/aromatic N) is 2. The number of amides is 2. The van der Waals surface area contributed by atoms with Gasteiger partial charge >= 0.3 is 0 Å². The lowest BCUT2D eigenvalue weighted by Crippen LogP contribution is -2.50. The molecule has 6 heteroatoms. The molecule has 1 aromatic carbocycles. The molecule has 0 aliphatic carbocycles. The van der Waals surface area contributed by atoms with Gasteiger partial charge in [0.05, 0.1) is 10.6 Å². The van der Waals surface area contributed by atoms with Crippen molar-refractivity contribution in [2.24, 2.45) is 0 Å². The topological polar surface area (TPSA) is 40.6 Å². The Morgan fingerprint density at radius 3 is 2.77 bits per heavy atom. The fraction of sp³-hybridized carbons (Fsp3) is 0.500. The Balaban J connectivity index is 1.73. The summed E-state index contributed by atoms with van der Waals surface area (Å²) >= 11 is 5.98. The number of carbonyl (C=O) groups is 2. The van der Waals surface area contributed by atoms with E-state index in [0.29, 0.717) is 25.1 Å². The van der Waals surface area contributed by atoms with Gasteiger partial charge in [-0.2, -0.15) is 0 Å². The highest BCUT2D eigenvalue weighted by Crippen LogP contribution is 2.24. The van der Waals surface area contributed by atoms with Crippen LogP contribution in [0.5, 0.6) is 0 Å². The van der Waals surface area contributed by atoms with Crippen LogP contribution in [0, 0.1) is 5.82 Å². The summed E-state index contributed by atoms with van der Waals surface area (Å²) in [6.07, 6.45) is 3.28. The molecule has 0 radical (unpaired) electrons. The molecule has 2 amide bonds. The van der Waals surface area contributed by atoms with Crippen LogP contribution in [0.4, 0.5) is 4.39 Å². The summed E-state index contributed by atoms with van der Waals surface area (Å²) in [4.78, 5) is 28.1. The standard InChI is InChI=1S/C16H18ClFN2O2/c17-14-9-11(18)5-6-13(14)16(22)19-7-1-3-12(10-19)20-8-2-4-15(20)21/h5-6,9,12H,1-4,7-8,10H2/t12-/m1/s1. The van der Waals surface area contributed by atoms with Crippen molar-refractivity contribution in [3.8, 4) is 0 Å². The van der Waals surface area contributed by atoms with Crippen LogP contribution in [0.3, 0.4) is 0 Å². The first-order valence-electron chi connectivity index (χ1n) is 7.60. The molecule has 2 saturated heterocycles. The van der Waals surface area contributed by atoms with Crippen LogP contribution < -0.4 is 0 Å². The molecular formula is C16H18ClFN2O2. The average Bonchev–Trinajstić information content (AvgIpc) is 2.93. The zero-order valence-corrected chi connectivity index (χ0v) is 13.0. The molecule has 2 fully saturated rings. The molecule has 2 heterocycles. The van der Waals surface area contributed by atoms with Gasteiger partial charge in [0.15, 0.2) is 0 Å². The first-order chi connectivity index (χ1) is 10.6. The quantitative estimate of drug-likeness (QED) is 0.839. The van der Waals surface area contributed by atoms with Crippen molar-refractivity contribution in [3.63, 3.8) is 0 Å². The second kappa shape index (κ2) is 6.24. The summed E-state index contributed by atoms with van der Waals surface area (Å²) in [6, 6.07) is 3.90. The third kappa shape index (κ3) is 2.95. The van der Waals surface area contributed by atoms with E-state index in [1.807, 2.05) is 4.90 Å². The Morgan fingerprint density at radius 1 is 1.27 bits per heavy atom. The fourth-order valence-electron chi connectivity index (χ4n) is 3.28. The summed E-state index contributed by atoms with van der Waals surface area (Å²) in [5.74, 6) is -0.471. The van der Waals surface area contributed by atoms with Gasteiger partial charge in [-0.25, -0.2) is 4.39 Å². The normalized spacial score (nSPS) is 22.3. The molecule has 0 spiro atoms. The molecule has 118 valence electrons. The Hall–Kier alpha value is -1.62. The second-order valence-corrected chi connectivity index (χ2v) is 6.27. The number of benzene rings is 1. The lowest BCUT2D eigenvalue weighted by Gasteiger charge is -2.37. The molecule has 0 aromatic heterocycles. The number of halogens is 2. The van der Waals surface area contributed by atoms with Gasteiger partial charge in [0.2, 0.25) is 5.91 Å². The van der Waals surface area contributed by atoms with Gasteiger partial charge in [-0.1, -0.05) is 11.6 Å². The summed E-state index contributed by atoms with van der Waals surface area (Å²) in [6.45, 7) is 1.95. The van der Waals surface area contributed by atoms with Gasteiger partial charge in [-0.15, -0.1) is 0 Å². The SMILES string of the molecule is O=C(c1ccc(F)cc1Cl)N1CCC[C@@H](N2CCCC2=O)C1. The van der Waals surface area contributed by atoms with Crippen molar-refractivity contribution in [1.29, 1.82) is 0 Å². The molecule has 1 atom stereocenters. The molecule has 0 bridgehead atoms. The average molecular weight is 325 g/mol. The van der Waals surface area contributed by atoms with Crippen LogP contribution in [0.1, 0.15) is 36.0 Å². The molecule has 0 N–H and O–H groups in total. The highest BCUT2D eigenvalue weighted by Gasteiger charge is 2.33. The van der Waals surface area contributed by atoms with E-state index in [1.165, 1.54) is 12.1 Å². The first-order valence-corrected chi connectivity index (χ1v) is 7.98. The van der Waals surface area contributed by atoms with Crippen molar-refractivity contribution in [2.45, 2.75) is 31.7 Å². The molecule has 0 unspecified atom stereocenters. The summed E-state index contributed by atoms with van der Waals surface area (Å²) < 4.78 is 13.1. The lowest BCUT2D eigenvalue weighted by atomic mass is 10.0. The van der Waals surface area contributed by atoms with Gasteiger partial charge in [-0.3, -0.25) is 9.59 Å². The summed E-state index contributed by atoms with van der Waals surface area (Å²) in [7, 11) is 0. The summed E-state index contributed by atoms with van der Waals surface area (Å²) in [5.41, 5.74) is 0.316. The molecule has 2 aliphatic rings. The Labute approximate surface area is 133 Å². The van der Waals surface area contributed by atoms with Crippen molar-refractivity contribution in [2.75, 3.05) is 19.6 Å². The monoisotopic (exact) mass is 324 g/mol. The Kier molecular flexibility index (Phi) is 4.34. The number of hydrogen-bond donors (Lipinski definition) is 0. The van der Waals surface area contributed by atoms with Crippen molar-refractivity contribution in [1.82, 2.24) is 9.80 Å². The predicted octanol–water partition coefficient (Wildman–Crippen LogP) is 2.71. The third-order valence-electron chi connectivity index (χ3n) is 4.40. The van der Waals surface area contributed by atoms with Gasteiger partial charge < -0.3 is 9.80 Å². The largest absolute Gasteiger partial charge is 0.338 e. The van der Waals surface area contributed by atoms with Crippen molar-refractivity contribution in [3.05, 3.63) is 34.6 Å². The minimum atomic E-state index is -0.458. The number of piperidine rings is 1. The zero-order chi connectivity index (χ0) is 15.7. The maximum Gasteiger partial charge on any atom is 0.255 e. The molecular weight excluding hydrogens is 307 g/mol. The van der Waals surface area contributed by atoms with E-state index in [9.17, 15) is 14.0 Å². The van der Waals surface area contributed by atoms with Crippen LogP contribution in [0.25, 0.3) is 0 Å². The van der Waals surface area contributed by atoms with E-state index in [1.54, 1.807) is 4.90 Å². The van der Waals surface area contributed by atoms with E-state index in [-0.39, 0.29) is 22.9 Å². The van der Waals surface area contributed by atoms with E-state index in [0.717, 1.165) is 31.9 Å². The number of rotatable bonds is 2. The van der Waals surface area contributed by atoms with Crippen LogP contribution in [-0.4, -0.2) is 47.3 Å². The number of carbonyl (C=O) groups excluding carboxylic acids is 2. The highest BCUT2D eigenvalue weighted by molar-refractivity contribution is 6.33. The minimum absolute atomic E-state index is 0.0897. The molecule has 4 nitrogen and oxygen atoms in total. The van der Waals surface area contributed by atoms with E-state index in [2.05, 4.69) is 0 Å². The predicted molar refractivity (Wildman–Crippen MR) is 81.3 cm³/mol. The molecule has 3 rings (SSSR count). The fourth-order valence-corrected chi connectivity index (χ4v) is 3.53. The molecule has 2 aliphatic heterocycles. The molecule has 0 saturated carbocycles. The maximum atomic E-state index is 13.1. The van der Waals surface area contributed by atoms with Crippen LogP contribution in [-0.2, 0) is 4.79 Å². The van der Waals surface area contributed by atoms with Crippen LogP contribution in [0.2, 0.25) is 5.02 Å². The zero-order valence-electron chi connectivity index (χ0n) is 12.2. The number of likely N-dealkylation sites (tertiary alicyclic amines) is 2. The van der Waals surface area contributed by atoms with Gasteiger partial charge in [0, 0.05) is 32.1 Å². The number of hydrogen-bond acceptors (Lipinski definition) is 2. The maximum absolute atomic E-state index is 13.1. The second-order valence-electron chi connectivity index (χ2n) is 5.86. The van der Waals surface area contributed by atoms with E-state index >= 15 is 0 Å². The lowest BCUT2D eigenvalue weighted by molar-refractivity contribution is -0.130. The first kappa shape index (κ1) is 15.3. The minimum Gasteiger partial charge on any atom is -0.338 e. The highest BCUT2D eigenvalue weighted by atomic mass is 35.5. The van der Waals surface area contributed by atoms with E-state index in [4.69, 9.17) is 11.6 Å². The van der Waals surface area contributed by atoms with Crippen molar-refractivity contribution < 1.29 is 14.0 Å². The Bertz CT molecular complexity index is 608. The van der Waals surface area contributed by atoms with Gasteiger partial charge in [0.25, 0.3) is 5.91 Å². The Morgan fingerprint density at radius 2 is 2.09 bits per heavy atom. The van der Waals surface area contributed by atoms with Crippen LogP contribution >= 0.6 is 11.6 Å². The van der Waals surface area contributed by atoms with Crippen molar-refractivity contribution >= 4 is 23.4 Å². The van der Waals surface area contributed by atoms with Gasteiger partial charge in [-0.05, 0) is 37.5 Å². The van der Waals surface area contributed by atoms with Crippen LogP contribution in [0.15, 0.2) is 18.2 Å². The third-order valence-corrected chi connectivity index (χ3v) is 4.71. The molecule has 22 heavy (non-hydrogen) atoms.